The summed E-state index contributed by atoms with van der Waals surface area (Å²) in [6.07, 6.45) is 4.19. The van der Waals surface area contributed by atoms with E-state index in [0.29, 0.717) is 18.8 Å². The summed E-state index contributed by atoms with van der Waals surface area (Å²) in [5.74, 6) is -2.44. The summed E-state index contributed by atoms with van der Waals surface area (Å²) in [4.78, 5) is 50.6. The Morgan fingerprint density at radius 2 is 1.62 bits per heavy atom. The molecule has 1 aliphatic heterocycles. The van der Waals surface area contributed by atoms with Gasteiger partial charge >= 0.3 is 12.2 Å². The molecule has 11 nitrogen and oxygen atoms in total. The van der Waals surface area contributed by atoms with Gasteiger partial charge in [-0.1, -0.05) is 17.4 Å². The Kier molecular flexibility index (Phi) is 9.69. The molecule has 0 saturated carbocycles. The zero-order valence-electron chi connectivity index (χ0n) is 28.3. The Balaban J connectivity index is 1.49. The van der Waals surface area contributed by atoms with Gasteiger partial charge in [-0.2, -0.15) is 0 Å². The van der Waals surface area contributed by atoms with E-state index in [1.807, 2.05) is 27.7 Å². The van der Waals surface area contributed by atoms with E-state index in [4.69, 9.17) is 9.47 Å². The van der Waals surface area contributed by atoms with Crippen LogP contribution in [0.5, 0.6) is 0 Å². The Hall–Kier alpha value is -4.33. The number of carbonyl (C=O) groups is 3. The molecular weight excluding hydrogens is 642 g/mol. The minimum Gasteiger partial charge on any atom is -0.444 e. The Morgan fingerprint density at radius 3 is 2.29 bits per heavy atom. The van der Waals surface area contributed by atoms with Crippen molar-refractivity contribution in [2.75, 3.05) is 28.6 Å². The second-order valence-corrected chi connectivity index (χ2v) is 15.4. The van der Waals surface area contributed by atoms with Gasteiger partial charge in [0.25, 0.3) is 5.91 Å². The number of rotatable bonds is 6. The monoisotopic (exact) mass is 684 g/mol. The topological polar surface area (TPSA) is 135 Å². The van der Waals surface area contributed by atoms with Crippen molar-refractivity contribution in [3.05, 3.63) is 53.0 Å². The number of aromatic nitrogens is 2. The van der Waals surface area contributed by atoms with Crippen LogP contribution in [0.2, 0.25) is 0 Å². The van der Waals surface area contributed by atoms with Crippen LogP contribution >= 0.6 is 11.3 Å². The lowest BCUT2D eigenvalue weighted by Gasteiger charge is -2.43. The van der Waals surface area contributed by atoms with Gasteiger partial charge in [-0.3, -0.25) is 15.1 Å². The number of thiazole rings is 1. The van der Waals surface area contributed by atoms with E-state index < -0.39 is 52.0 Å². The number of ether oxygens (including phenoxy) is 2. The third kappa shape index (κ3) is 8.20. The van der Waals surface area contributed by atoms with E-state index in [1.54, 1.807) is 27.0 Å². The van der Waals surface area contributed by atoms with Gasteiger partial charge in [0.2, 0.25) is 0 Å². The average Bonchev–Trinajstić information content (AvgIpc) is 3.57. The minimum absolute atomic E-state index is 0.0396. The molecule has 0 spiro atoms. The number of fused-ring (bicyclic) bond motifs is 1. The third-order valence-corrected chi connectivity index (χ3v) is 8.76. The van der Waals surface area contributed by atoms with Crippen molar-refractivity contribution in [2.24, 2.45) is 0 Å². The van der Waals surface area contributed by atoms with E-state index in [9.17, 15) is 23.2 Å². The Bertz CT molecular complexity index is 1710. The number of anilines is 3. The first-order valence-corrected chi connectivity index (χ1v) is 16.8. The van der Waals surface area contributed by atoms with Gasteiger partial charge in [0.05, 0.1) is 28.7 Å². The van der Waals surface area contributed by atoms with Crippen LogP contribution in [0.4, 0.5) is 34.7 Å². The van der Waals surface area contributed by atoms with Crippen molar-refractivity contribution in [1.29, 1.82) is 0 Å². The quantitative estimate of drug-likeness (QED) is 0.244. The number of nitrogens with zero attached hydrogens (tertiary/aromatic N) is 3. The molecule has 3 amide bonds. The van der Waals surface area contributed by atoms with Crippen molar-refractivity contribution >= 4 is 45.8 Å². The maximum atomic E-state index is 14.8. The molecule has 1 unspecified atom stereocenters. The molecule has 2 aromatic heterocycles. The number of benzene rings is 1. The van der Waals surface area contributed by atoms with Crippen molar-refractivity contribution < 1.29 is 32.6 Å². The zero-order chi connectivity index (χ0) is 35.0. The average molecular weight is 685 g/mol. The second-order valence-electron chi connectivity index (χ2n) is 14.4. The van der Waals surface area contributed by atoms with E-state index in [1.165, 1.54) is 6.07 Å². The van der Waals surface area contributed by atoms with E-state index in [0.717, 1.165) is 72.5 Å². The minimum atomic E-state index is -0.863. The van der Waals surface area contributed by atoms with Crippen LogP contribution in [0.25, 0.3) is 10.6 Å². The molecule has 1 aliphatic carbocycles. The standard InChI is InChI=1S/C34H42F2N6O5S/c1-32(2,3)46-30(44)40-29-25(39-28(48-29)24-20(35)12-9-13-21(24)36)27(43)38-23-17-37-22-14-8-11-19(22)26(23)42-16-10-15-34(7,18-42)41-31(45)47-33(4,5)6/h9,12-13,17H,8,10-11,14-16,18H2,1-7H3,(H,38,43)(H,40,44)(H,41,45). The molecule has 0 radical (unpaired) electrons. The summed E-state index contributed by atoms with van der Waals surface area (Å²) in [7, 11) is 0. The summed E-state index contributed by atoms with van der Waals surface area (Å²) in [5, 5.41) is 8.33. The van der Waals surface area contributed by atoms with E-state index in [-0.39, 0.29) is 15.7 Å². The fraction of sp³-hybridized carbons (Fsp3) is 0.500. The normalized spacial score (nSPS) is 17.8. The van der Waals surface area contributed by atoms with Crippen molar-refractivity contribution in [1.82, 2.24) is 15.3 Å². The summed E-state index contributed by atoms with van der Waals surface area (Å²) < 4.78 is 40.5. The number of hydrogen-bond acceptors (Lipinski definition) is 9. The first-order valence-electron chi connectivity index (χ1n) is 15.9. The van der Waals surface area contributed by atoms with Gasteiger partial charge in [0.15, 0.2) is 5.69 Å². The molecule has 14 heteroatoms. The SMILES string of the molecule is CC1(NC(=O)OC(C)(C)C)CCCN(c2c(NC(=O)c3nc(-c4c(F)cccc4F)sc3NC(=O)OC(C)(C)C)cnc3c2CCC3)C1. The molecule has 5 rings (SSSR count). The number of aryl methyl sites for hydroxylation is 1. The number of carbonyl (C=O) groups excluding carboxylic acids is 3. The van der Waals surface area contributed by atoms with Crippen molar-refractivity contribution in [2.45, 2.75) is 97.3 Å². The highest BCUT2D eigenvalue weighted by molar-refractivity contribution is 7.19. The zero-order valence-corrected chi connectivity index (χ0v) is 29.1. The first kappa shape index (κ1) is 35.0. The lowest BCUT2D eigenvalue weighted by atomic mass is 9.90. The van der Waals surface area contributed by atoms with Gasteiger partial charge in [-0.25, -0.2) is 23.4 Å². The number of amides is 3. The molecular formula is C34H42F2N6O5S. The molecule has 258 valence electrons. The molecule has 1 atom stereocenters. The molecule has 1 fully saturated rings. The van der Waals surface area contributed by atoms with Crippen LogP contribution in [0, 0.1) is 11.6 Å². The molecule has 3 heterocycles. The number of pyridine rings is 1. The van der Waals surface area contributed by atoms with E-state index in [2.05, 4.69) is 30.8 Å². The number of piperidine rings is 1. The van der Waals surface area contributed by atoms with Crippen molar-refractivity contribution in [3.8, 4) is 10.6 Å². The van der Waals surface area contributed by atoms with Crippen LogP contribution in [0.15, 0.2) is 24.4 Å². The first-order chi connectivity index (χ1) is 22.4. The van der Waals surface area contributed by atoms with Gasteiger partial charge in [-0.05, 0) is 98.3 Å². The predicted molar refractivity (Wildman–Crippen MR) is 181 cm³/mol. The molecule has 1 aromatic carbocycles. The van der Waals surface area contributed by atoms with Gasteiger partial charge in [0.1, 0.15) is 32.8 Å². The third-order valence-electron chi connectivity index (χ3n) is 7.78. The Morgan fingerprint density at radius 1 is 0.958 bits per heavy atom. The smallest absolute Gasteiger partial charge is 0.412 e. The highest BCUT2D eigenvalue weighted by Gasteiger charge is 2.37. The number of hydrogen-bond donors (Lipinski definition) is 3. The number of nitrogens with one attached hydrogen (secondary N) is 3. The highest BCUT2D eigenvalue weighted by Crippen LogP contribution is 2.40. The lowest BCUT2D eigenvalue weighted by molar-refractivity contribution is 0.0453. The van der Waals surface area contributed by atoms with Crippen LogP contribution in [0.3, 0.4) is 0 Å². The maximum absolute atomic E-state index is 14.8. The molecule has 0 bridgehead atoms. The fourth-order valence-corrected chi connectivity index (χ4v) is 6.97. The summed E-state index contributed by atoms with van der Waals surface area (Å²) in [5.41, 5.74) is 0.380. The second kappa shape index (κ2) is 13.3. The van der Waals surface area contributed by atoms with Crippen LogP contribution in [0.1, 0.15) is 89.5 Å². The lowest BCUT2D eigenvalue weighted by Crippen LogP contribution is -2.57. The molecule has 2 aliphatic rings. The van der Waals surface area contributed by atoms with Gasteiger partial charge in [-0.15, -0.1) is 0 Å². The number of alkyl carbamates (subject to hydrolysis) is 1. The number of halogens is 2. The summed E-state index contributed by atoms with van der Waals surface area (Å²) >= 11 is 0.754. The molecule has 1 saturated heterocycles. The predicted octanol–water partition coefficient (Wildman–Crippen LogP) is 7.45. The molecule has 3 aromatic rings. The summed E-state index contributed by atoms with van der Waals surface area (Å²) in [6.45, 7) is 13.6. The fourth-order valence-electron chi connectivity index (χ4n) is 5.97. The van der Waals surface area contributed by atoms with E-state index >= 15 is 0 Å². The van der Waals surface area contributed by atoms with Crippen LogP contribution < -0.4 is 20.9 Å². The molecule has 3 N–H and O–H groups in total. The molecule has 48 heavy (non-hydrogen) atoms. The Labute approximate surface area is 282 Å². The largest absolute Gasteiger partial charge is 0.444 e. The van der Waals surface area contributed by atoms with Gasteiger partial charge in [0, 0.05) is 18.8 Å². The highest BCUT2D eigenvalue weighted by atomic mass is 32.1. The van der Waals surface area contributed by atoms with Gasteiger partial charge < -0.3 is 25.0 Å². The maximum Gasteiger partial charge on any atom is 0.412 e. The van der Waals surface area contributed by atoms with Crippen molar-refractivity contribution in [3.63, 3.8) is 0 Å². The van der Waals surface area contributed by atoms with Crippen LogP contribution in [-0.2, 0) is 22.3 Å². The summed E-state index contributed by atoms with van der Waals surface area (Å²) in [6, 6.07) is 3.41. The van der Waals surface area contributed by atoms with Crippen LogP contribution in [-0.4, -0.2) is 57.9 Å².